The molecule has 1 aromatic rings. The molecule has 0 radical (unpaired) electrons. The molecule has 1 aromatic carbocycles. The van der Waals surface area contributed by atoms with Crippen LogP contribution in [0.3, 0.4) is 0 Å². The summed E-state index contributed by atoms with van der Waals surface area (Å²) in [5, 5.41) is 0. The van der Waals surface area contributed by atoms with Crippen molar-refractivity contribution >= 4 is 41.1 Å². The summed E-state index contributed by atoms with van der Waals surface area (Å²) in [6.45, 7) is 33.4. The number of benzene rings is 1. The van der Waals surface area contributed by atoms with Gasteiger partial charge in [0.05, 0.1) is 18.0 Å². The normalized spacial score (nSPS) is 34.9. The van der Waals surface area contributed by atoms with Crippen LogP contribution >= 0.6 is 0 Å². The molecule has 2 heterocycles. The van der Waals surface area contributed by atoms with Crippen molar-refractivity contribution in [2.75, 3.05) is 22.2 Å². The van der Waals surface area contributed by atoms with E-state index in [0.717, 1.165) is 28.3 Å². The van der Waals surface area contributed by atoms with Gasteiger partial charge in [-0.3, -0.25) is 0 Å². The molecule has 2 nitrogen and oxygen atoms in total. The highest BCUT2D eigenvalue weighted by atomic mass is 30.0. The van der Waals surface area contributed by atoms with E-state index in [1.165, 1.54) is 13.1 Å². The third kappa shape index (κ3) is 3.21. The second kappa shape index (κ2) is 7.95. The van der Waals surface area contributed by atoms with Crippen LogP contribution in [0.2, 0.25) is 43.9 Å². The first-order chi connectivity index (χ1) is 17.3. The molecule has 6 aliphatic rings. The van der Waals surface area contributed by atoms with Crippen LogP contribution in [-0.4, -0.2) is 42.8 Å². The molecule has 0 unspecified atom stereocenters. The zero-order valence-electron chi connectivity index (χ0n) is 27.0. The molecular formula is C32H58N2Si4. The van der Waals surface area contributed by atoms with Gasteiger partial charge in [0.15, 0.2) is 0 Å². The monoisotopic (exact) mass is 582 g/mol. The van der Waals surface area contributed by atoms with Gasteiger partial charge in [-0.2, -0.15) is 0 Å². The van der Waals surface area contributed by atoms with Crippen LogP contribution < -0.4 is 9.13 Å². The van der Waals surface area contributed by atoms with Crippen molar-refractivity contribution < 1.29 is 0 Å². The first-order valence-corrected chi connectivity index (χ1v) is 29.9. The lowest BCUT2D eigenvalue weighted by Gasteiger charge is -2.59. The number of hydrogen-bond donors (Lipinski definition) is 0. The van der Waals surface area contributed by atoms with Crippen molar-refractivity contribution in [1.82, 2.24) is 0 Å². The van der Waals surface area contributed by atoms with Crippen LogP contribution in [0.1, 0.15) is 73.6 Å². The average molecular weight is 583 g/mol. The minimum absolute atomic E-state index is 0.305. The van der Waals surface area contributed by atoms with Gasteiger partial charge in [0.25, 0.3) is 0 Å². The summed E-state index contributed by atoms with van der Waals surface area (Å²) in [6.07, 6.45) is 7.94. The van der Waals surface area contributed by atoms with E-state index in [1.807, 2.05) is 0 Å². The second-order valence-electron chi connectivity index (χ2n) is 18.9. The van der Waals surface area contributed by atoms with Gasteiger partial charge in [0, 0.05) is 28.3 Å². The van der Waals surface area contributed by atoms with Gasteiger partial charge in [-0.15, -0.1) is 0 Å². The lowest BCUT2D eigenvalue weighted by Crippen LogP contribution is -2.76. The Morgan fingerprint density at radius 3 is 1.37 bits per heavy atom. The Balaban J connectivity index is 1.73. The summed E-state index contributed by atoms with van der Waals surface area (Å²) in [7, 11) is -5.00. The van der Waals surface area contributed by atoms with E-state index in [9.17, 15) is 0 Å². The SMILES string of the molecule is CC(C)(C)CN1c2ccccc2N(CC(C)(C)C)[Si]12C1(C3CC4CC(C3)CC1C4)[Si]2([Si](C)(C)C)[Si](C)(C)C. The Morgan fingerprint density at radius 2 is 1.05 bits per heavy atom. The van der Waals surface area contributed by atoms with E-state index in [2.05, 4.69) is 114 Å². The lowest BCUT2D eigenvalue weighted by atomic mass is 9.55. The number of nitrogens with zero attached hydrogens (tertiary/aromatic N) is 2. The molecule has 212 valence electrons. The molecule has 0 N–H and O–H groups in total. The summed E-state index contributed by atoms with van der Waals surface area (Å²) < 4.78 is 7.36. The smallest absolute Gasteiger partial charge is 0.245 e. The fraction of sp³-hybridized carbons (Fsp3) is 0.812. The van der Waals surface area contributed by atoms with Crippen molar-refractivity contribution in [3.8, 4) is 0 Å². The van der Waals surface area contributed by atoms with Crippen molar-refractivity contribution in [2.45, 2.75) is 118 Å². The van der Waals surface area contributed by atoms with Crippen LogP contribution in [0.5, 0.6) is 0 Å². The van der Waals surface area contributed by atoms with Crippen LogP contribution in [0.15, 0.2) is 24.3 Å². The molecule has 0 atom stereocenters. The maximum Gasteiger partial charge on any atom is 0.245 e. The van der Waals surface area contributed by atoms with E-state index in [1.54, 1.807) is 43.5 Å². The van der Waals surface area contributed by atoms with Crippen LogP contribution in [0.25, 0.3) is 0 Å². The predicted octanol–water partition coefficient (Wildman–Crippen LogP) is 8.96. The van der Waals surface area contributed by atoms with Gasteiger partial charge in [-0.25, -0.2) is 0 Å². The molecule has 2 aliphatic heterocycles. The highest BCUT2D eigenvalue weighted by molar-refractivity contribution is 8.02. The number of fused-ring (bicyclic) bond motifs is 1. The molecule has 0 aromatic heterocycles. The number of rotatable bonds is 4. The number of para-hydroxylation sites is 2. The fourth-order valence-electron chi connectivity index (χ4n) is 12.7. The third-order valence-corrected chi connectivity index (χ3v) is 82.7. The second-order valence-corrected chi connectivity index (χ2v) is 56.3. The fourth-order valence-corrected chi connectivity index (χ4v) is 123. The molecule has 4 saturated carbocycles. The van der Waals surface area contributed by atoms with E-state index < -0.39 is 29.7 Å². The van der Waals surface area contributed by atoms with Crippen molar-refractivity contribution in [3.63, 3.8) is 0 Å². The van der Waals surface area contributed by atoms with Gasteiger partial charge in [-0.05, 0) is 83.4 Å². The largest absolute Gasteiger partial charge is 0.381 e. The molecule has 4 aliphatic carbocycles. The summed E-state index contributed by atoms with van der Waals surface area (Å²) in [5.74, 6) is 4.19. The maximum absolute atomic E-state index is 3.32. The van der Waals surface area contributed by atoms with Gasteiger partial charge in [0.1, 0.15) is 0 Å². The summed E-state index contributed by atoms with van der Waals surface area (Å²) in [4.78, 5) is 0. The standard InChI is InChI=1S/C32H58N2Si4/c1-30(2,3)22-33-28-15-13-14-16-29(28)34(23-31(4,5)6)37(33)32(38(37,35(7,8)9)36(10,11)12)26-18-24-17-25(20-26)21-27(32)19-24/h13-16,24-27H,17-23H2,1-12H3. The molecule has 38 heavy (non-hydrogen) atoms. The summed E-state index contributed by atoms with van der Waals surface area (Å²) in [6, 6.07) is 9.87. The molecule has 7 rings (SSSR count). The molecule has 4 bridgehead atoms. The number of hydrogen-bond acceptors (Lipinski definition) is 2. The molecule has 2 spiro atoms. The number of anilines is 2. The Hall–Kier alpha value is -0.312. The van der Waals surface area contributed by atoms with Gasteiger partial charge in [0.2, 0.25) is 7.91 Å². The van der Waals surface area contributed by atoms with Crippen molar-refractivity contribution in [3.05, 3.63) is 24.3 Å². The van der Waals surface area contributed by atoms with E-state index in [-0.39, 0.29) is 0 Å². The zero-order valence-corrected chi connectivity index (χ0v) is 31.0. The topological polar surface area (TPSA) is 6.48 Å². The minimum Gasteiger partial charge on any atom is -0.381 e. The third-order valence-electron chi connectivity index (χ3n) is 11.8. The Bertz CT molecular complexity index is 1030. The van der Waals surface area contributed by atoms with Crippen molar-refractivity contribution in [1.29, 1.82) is 0 Å². The van der Waals surface area contributed by atoms with Gasteiger partial charge < -0.3 is 9.13 Å². The quantitative estimate of drug-likeness (QED) is 0.327. The molecular weight excluding hydrogens is 525 g/mol. The lowest BCUT2D eigenvalue weighted by molar-refractivity contribution is 0.00740. The first kappa shape index (κ1) is 27.8. The Kier molecular flexibility index (Phi) is 5.82. The molecule has 0 amide bonds. The Morgan fingerprint density at radius 1 is 0.684 bits per heavy atom. The minimum atomic E-state index is -2.05. The van der Waals surface area contributed by atoms with Gasteiger partial charge >= 0.3 is 0 Å². The summed E-state index contributed by atoms with van der Waals surface area (Å²) >= 11 is 0. The maximum atomic E-state index is 3.32. The molecule has 6 heteroatoms. The Labute approximate surface area is 238 Å². The highest BCUT2D eigenvalue weighted by Crippen LogP contribution is 2.89. The average Bonchev–Trinajstić information content (AvgIpc) is 3.26. The van der Waals surface area contributed by atoms with Crippen LogP contribution in [0.4, 0.5) is 11.4 Å². The first-order valence-electron chi connectivity index (χ1n) is 16.0. The highest BCUT2D eigenvalue weighted by Gasteiger charge is 3.04. The molecule has 1 saturated heterocycles. The van der Waals surface area contributed by atoms with E-state index in [4.69, 9.17) is 0 Å². The van der Waals surface area contributed by atoms with Gasteiger partial charge in [-0.1, -0.05) is 93.0 Å². The van der Waals surface area contributed by atoms with Crippen LogP contribution in [-0.2, 0) is 0 Å². The van der Waals surface area contributed by atoms with E-state index >= 15 is 0 Å². The summed E-state index contributed by atoms with van der Waals surface area (Å²) in [5.41, 5.74) is 3.91. The molecule has 5 fully saturated rings. The predicted molar refractivity (Wildman–Crippen MR) is 178 cm³/mol. The van der Waals surface area contributed by atoms with E-state index in [0.29, 0.717) is 10.8 Å². The van der Waals surface area contributed by atoms with Crippen LogP contribution in [0, 0.1) is 34.5 Å². The van der Waals surface area contributed by atoms with Crippen molar-refractivity contribution in [2.24, 2.45) is 34.5 Å². The zero-order chi connectivity index (χ0) is 27.9.